The van der Waals surface area contributed by atoms with E-state index in [4.69, 9.17) is 0 Å². The van der Waals surface area contributed by atoms with Crippen LogP contribution < -0.4 is 10.6 Å². The van der Waals surface area contributed by atoms with Gasteiger partial charge in [-0.25, -0.2) is 0 Å². The number of anilines is 1. The van der Waals surface area contributed by atoms with Gasteiger partial charge in [0, 0.05) is 30.5 Å². The van der Waals surface area contributed by atoms with Crippen LogP contribution in [0, 0.1) is 0 Å². The van der Waals surface area contributed by atoms with Gasteiger partial charge in [-0.3, -0.25) is 9.78 Å². The summed E-state index contributed by atoms with van der Waals surface area (Å²) < 4.78 is 0. The lowest BCUT2D eigenvalue weighted by Gasteiger charge is -2.33. The molecule has 0 aliphatic rings. The zero-order valence-electron chi connectivity index (χ0n) is 12.4. The van der Waals surface area contributed by atoms with Crippen molar-refractivity contribution in [2.24, 2.45) is 0 Å². The van der Waals surface area contributed by atoms with E-state index >= 15 is 0 Å². The Labute approximate surface area is 115 Å². The number of hydrogen-bond donors (Lipinski definition) is 2. The van der Waals surface area contributed by atoms with E-state index in [0.29, 0.717) is 12.2 Å². The summed E-state index contributed by atoms with van der Waals surface area (Å²) in [6, 6.07) is 3.64. The van der Waals surface area contributed by atoms with E-state index in [1.54, 1.807) is 12.3 Å². The Hall–Kier alpha value is -1.62. The molecule has 1 aromatic rings. The average Bonchev–Trinajstić information content (AvgIpc) is 2.37. The number of nitrogens with one attached hydrogen (secondary N) is 2. The Balaban J connectivity index is 2.70. The van der Waals surface area contributed by atoms with Gasteiger partial charge in [-0.05, 0) is 47.0 Å². The summed E-state index contributed by atoms with van der Waals surface area (Å²) in [6.45, 7) is 7.60. The topological polar surface area (TPSA) is 57.3 Å². The van der Waals surface area contributed by atoms with Crippen LogP contribution in [-0.2, 0) is 0 Å². The highest BCUT2D eigenvalue weighted by Gasteiger charge is 2.19. The second-order valence-corrected chi connectivity index (χ2v) is 5.35. The molecule has 2 N–H and O–H groups in total. The number of rotatable bonds is 6. The highest BCUT2D eigenvalue weighted by atomic mass is 16.1. The zero-order chi connectivity index (χ0) is 14.5. The molecule has 0 radical (unpaired) electrons. The smallest absolute Gasteiger partial charge is 0.269 e. The number of likely N-dealkylation sites (N-methyl/N-ethyl adjacent to an activating group) is 1. The van der Waals surface area contributed by atoms with Crippen molar-refractivity contribution in [3.8, 4) is 0 Å². The Kier molecular flexibility index (Phi) is 5.30. The number of pyridine rings is 1. The molecule has 0 aromatic carbocycles. The molecule has 1 rings (SSSR count). The van der Waals surface area contributed by atoms with Crippen molar-refractivity contribution < 1.29 is 4.79 Å². The van der Waals surface area contributed by atoms with Crippen LogP contribution in [0.2, 0.25) is 0 Å². The summed E-state index contributed by atoms with van der Waals surface area (Å²) in [5.74, 6) is -0.141. The van der Waals surface area contributed by atoms with Crippen molar-refractivity contribution in [3.63, 3.8) is 0 Å². The van der Waals surface area contributed by atoms with Crippen molar-refractivity contribution in [2.45, 2.75) is 26.3 Å². The van der Waals surface area contributed by atoms with E-state index in [-0.39, 0.29) is 11.4 Å². The van der Waals surface area contributed by atoms with Gasteiger partial charge in [0.1, 0.15) is 5.69 Å². The largest absolute Gasteiger partial charge is 0.383 e. The van der Waals surface area contributed by atoms with Crippen LogP contribution in [-0.4, -0.2) is 48.5 Å². The maximum atomic E-state index is 11.7. The van der Waals surface area contributed by atoms with Crippen molar-refractivity contribution in [1.29, 1.82) is 0 Å². The van der Waals surface area contributed by atoms with Crippen LogP contribution >= 0.6 is 0 Å². The molecular weight excluding hydrogens is 240 g/mol. The van der Waals surface area contributed by atoms with Gasteiger partial charge in [-0.1, -0.05) is 0 Å². The molecule has 106 valence electrons. The van der Waals surface area contributed by atoms with Crippen molar-refractivity contribution in [3.05, 3.63) is 24.0 Å². The van der Waals surface area contributed by atoms with E-state index in [0.717, 1.165) is 12.2 Å². The zero-order valence-corrected chi connectivity index (χ0v) is 12.4. The fraction of sp³-hybridized carbons (Fsp3) is 0.571. The van der Waals surface area contributed by atoms with Gasteiger partial charge in [0.05, 0.1) is 0 Å². The molecule has 0 unspecified atom stereocenters. The summed E-state index contributed by atoms with van der Waals surface area (Å²) >= 11 is 0. The second kappa shape index (κ2) is 6.52. The summed E-state index contributed by atoms with van der Waals surface area (Å²) in [5.41, 5.74) is 1.38. The molecule has 0 spiro atoms. The lowest BCUT2D eigenvalue weighted by Crippen LogP contribution is -2.44. The van der Waals surface area contributed by atoms with Crippen LogP contribution in [0.15, 0.2) is 18.3 Å². The molecule has 1 amide bonds. The Morgan fingerprint density at radius 3 is 2.68 bits per heavy atom. The third-order valence-electron chi connectivity index (χ3n) is 3.27. The predicted molar refractivity (Wildman–Crippen MR) is 78.5 cm³/mol. The maximum absolute atomic E-state index is 11.7. The number of amides is 1. The molecule has 1 heterocycles. The number of nitrogens with zero attached hydrogens (tertiary/aromatic N) is 2. The van der Waals surface area contributed by atoms with Crippen LogP contribution in [0.1, 0.15) is 31.3 Å². The Morgan fingerprint density at radius 1 is 1.42 bits per heavy atom. The lowest BCUT2D eigenvalue weighted by molar-refractivity contribution is 0.0951. The highest BCUT2D eigenvalue weighted by Crippen LogP contribution is 2.13. The monoisotopic (exact) mass is 264 g/mol. The Bertz CT molecular complexity index is 429. The molecule has 19 heavy (non-hydrogen) atoms. The molecule has 0 atom stereocenters. The number of carbonyl (C=O) groups excluding carboxylic acids is 1. The van der Waals surface area contributed by atoms with Gasteiger partial charge in [0.25, 0.3) is 5.91 Å². The Morgan fingerprint density at radius 2 is 2.11 bits per heavy atom. The molecule has 0 aliphatic carbocycles. The highest BCUT2D eigenvalue weighted by molar-refractivity contribution is 5.93. The molecular formula is C14H24N4O. The quantitative estimate of drug-likeness (QED) is 0.819. The van der Waals surface area contributed by atoms with Crippen LogP contribution in [0.5, 0.6) is 0 Å². The lowest BCUT2D eigenvalue weighted by atomic mass is 10.0. The van der Waals surface area contributed by atoms with Crippen molar-refractivity contribution in [1.82, 2.24) is 15.2 Å². The minimum Gasteiger partial charge on any atom is -0.383 e. The van der Waals surface area contributed by atoms with Gasteiger partial charge < -0.3 is 15.5 Å². The number of carbonyl (C=O) groups is 1. The molecule has 0 aliphatic heterocycles. The fourth-order valence-corrected chi connectivity index (χ4v) is 1.39. The van der Waals surface area contributed by atoms with E-state index in [9.17, 15) is 4.79 Å². The first-order valence-electron chi connectivity index (χ1n) is 6.52. The van der Waals surface area contributed by atoms with E-state index in [1.165, 1.54) is 0 Å². The summed E-state index contributed by atoms with van der Waals surface area (Å²) in [5, 5.41) is 6.08. The van der Waals surface area contributed by atoms with Gasteiger partial charge in [-0.15, -0.1) is 0 Å². The van der Waals surface area contributed by atoms with Gasteiger partial charge >= 0.3 is 0 Å². The molecule has 0 saturated carbocycles. The average molecular weight is 264 g/mol. The van der Waals surface area contributed by atoms with E-state index in [1.807, 2.05) is 27.1 Å². The number of hydrogen-bond acceptors (Lipinski definition) is 4. The second-order valence-electron chi connectivity index (χ2n) is 5.35. The standard InChI is InChI=1S/C14H24N4O/c1-6-15-13(19)12-9-11(7-8-16-12)17-10-14(2,3)18(4)5/h7-9H,6,10H2,1-5H3,(H,15,19)(H,16,17). The third kappa shape index (κ3) is 4.52. The van der Waals surface area contributed by atoms with E-state index in [2.05, 4.69) is 34.4 Å². The molecule has 5 nitrogen and oxygen atoms in total. The first-order valence-corrected chi connectivity index (χ1v) is 6.52. The minimum atomic E-state index is -0.141. The normalized spacial score (nSPS) is 11.5. The van der Waals surface area contributed by atoms with E-state index < -0.39 is 0 Å². The molecule has 0 saturated heterocycles. The number of aromatic nitrogens is 1. The van der Waals surface area contributed by atoms with Crippen molar-refractivity contribution in [2.75, 3.05) is 32.5 Å². The summed E-state index contributed by atoms with van der Waals surface area (Å²) in [6.07, 6.45) is 1.65. The van der Waals surface area contributed by atoms with Gasteiger partial charge in [-0.2, -0.15) is 0 Å². The van der Waals surface area contributed by atoms with Crippen LogP contribution in [0.25, 0.3) is 0 Å². The third-order valence-corrected chi connectivity index (χ3v) is 3.27. The summed E-state index contributed by atoms with van der Waals surface area (Å²) in [4.78, 5) is 17.9. The minimum absolute atomic E-state index is 0.0368. The van der Waals surface area contributed by atoms with Gasteiger partial charge in [0.2, 0.25) is 0 Å². The predicted octanol–water partition coefficient (Wildman–Crippen LogP) is 1.58. The summed E-state index contributed by atoms with van der Waals surface area (Å²) in [7, 11) is 4.10. The van der Waals surface area contributed by atoms with Gasteiger partial charge in [0.15, 0.2) is 0 Å². The molecule has 0 bridgehead atoms. The van der Waals surface area contributed by atoms with Crippen LogP contribution in [0.4, 0.5) is 5.69 Å². The van der Waals surface area contributed by atoms with Crippen LogP contribution in [0.3, 0.4) is 0 Å². The first kappa shape index (κ1) is 15.4. The first-order chi connectivity index (χ1) is 8.86. The molecule has 0 fully saturated rings. The maximum Gasteiger partial charge on any atom is 0.269 e. The molecule has 1 aromatic heterocycles. The van der Waals surface area contributed by atoms with Crippen molar-refractivity contribution >= 4 is 11.6 Å². The molecule has 5 heteroatoms. The SMILES string of the molecule is CCNC(=O)c1cc(NCC(C)(C)N(C)C)ccn1. The fourth-order valence-electron chi connectivity index (χ4n) is 1.39.